The molecule has 3 atom stereocenters. The Morgan fingerprint density at radius 3 is 2.44 bits per heavy atom. The highest BCUT2D eigenvalue weighted by Crippen LogP contribution is 2.23. The van der Waals surface area contributed by atoms with Crippen LogP contribution < -0.4 is 15.1 Å². The molecule has 0 aromatic heterocycles. The number of nitrogens with one attached hydrogen (secondary N) is 1. The number of carbonyl (C=O) groups is 2. The van der Waals surface area contributed by atoms with Gasteiger partial charge in [0.25, 0.3) is 5.91 Å². The number of aliphatic hydroxyl groups is 1. The Morgan fingerprint density at radius 2 is 1.81 bits per heavy atom. The molecule has 0 spiro atoms. The average molecular weight is 520 g/mol. The number of aryl methyl sites for hydroxylation is 1. The van der Waals surface area contributed by atoms with Gasteiger partial charge in [0.2, 0.25) is 5.91 Å². The molecule has 0 radical (unpaired) electrons. The second-order valence-corrected chi connectivity index (χ2v) is 8.89. The zero-order valence-electron chi connectivity index (χ0n) is 20.6. The second kappa shape index (κ2) is 14.1. The summed E-state index contributed by atoms with van der Waals surface area (Å²) >= 11 is 0. The molecule has 1 aliphatic rings. The molecular weight excluding hydrogens is 484 g/mol. The van der Waals surface area contributed by atoms with E-state index in [2.05, 4.69) is 14.7 Å². The lowest BCUT2D eigenvalue weighted by Crippen LogP contribution is -2.53. The van der Waals surface area contributed by atoms with Crippen LogP contribution in [0.1, 0.15) is 25.3 Å². The summed E-state index contributed by atoms with van der Waals surface area (Å²) in [5.74, 6) is -1.46. The number of halogens is 1. The maximum absolute atomic E-state index is 14.2. The molecule has 1 aliphatic heterocycles. The fraction of sp³-hybridized carbons (Fsp3) is 0.462. The van der Waals surface area contributed by atoms with E-state index >= 15 is 0 Å². The van der Waals surface area contributed by atoms with E-state index in [4.69, 9.17) is 9.57 Å². The van der Waals surface area contributed by atoms with Gasteiger partial charge in [-0.05, 0) is 56.0 Å². The number of rotatable bonds is 12. The molecule has 10 heteroatoms. The van der Waals surface area contributed by atoms with E-state index in [9.17, 15) is 19.1 Å². The summed E-state index contributed by atoms with van der Waals surface area (Å²) in [5, 5.41) is 10.7. The minimum Gasteiger partial charge on any atom is -0.494 e. The summed E-state index contributed by atoms with van der Waals surface area (Å²) in [4.78, 5) is 34.3. The maximum atomic E-state index is 14.2. The highest BCUT2D eigenvalue weighted by molar-refractivity contribution is 7.16. The normalized spacial score (nSPS) is 15.3. The SMILES string of the molecule is CCOc1ccc(CCC[C@@H](C(=O)N2CCN(c3ccccc3F)CC2)[C@H](O)C(=O)NOCP)cc1. The smallest absolute Gasteiger partial charge is 0.273 e. The van der Waals surface area contributed by atoms with Gasteiger partial charge in [0.05, 0.1) is 24.6 Å². The molecule has 1 saturated heterocycles. The van der Waals surface area contributed by atoms with Crippen LogP contribution in [0.2, 0.25) is 0 Å². The number of aliphatic hydroxyl groups excluding tert-OH is 1. The van der Waals surface area contributed by atoms with Crippen molar-refractivity contribution in [2.75, 3.05) is 44.0 Å². The van der Waals surface area contributed by atoms with Gasteiger partial charge in [0, 0.05) is 26.2 Å². The van der Waals surface area contributed by atoms with Gasteiger partial charge in [-0.3, -0.25) is 14.4 Å². The molecule has 0 aliphatic carbocycles. The van der Waals surface area contributed by atoms with E-state index in [1.54, 1.807) is 23.1 Å². The topological polar surface area (TPSA) is 91.3 Å². The summed E-state index contributed by atoms with van der Waals surface area (Å²) in [5.41, 5.74) is 3.77. The Morgan fingerprint density at radius 1 is 1.11 bits per heavy atom. The number of hydroxylamine groups is 1. The third-order valence-corrected chi connectivity index (χ3v) is 6.39. The number of amides is 2. The number of nitrogens with zero attached hydrogens (tertiary/aromatic N) is 2. The van der Waals surface area contributed by atoms with Crippen LogP contribution in [0.3, 0.4) is 0 Å². The lowest BCUT2D eigenvalue weighted by molar-refractivity contribution is -0.152. The van der Waals surface area contributed by atoms with E-state index in [0.717, 1.165) is 11.3 Å². The van der Waals surface area contributed by atoms with Crippen LogP contribution in [-0.2, 0) is 20.8 Å². The number of hydrogen-bond donors (Lipinski definition) is 2. The van der Waals surface area contributed by atoms with Crippen LogP contribution in [-0.4, -0.2) is 67.1 Å². The standard InChI is InChI=1S/C26H35FN3O5P/c1-2-34-20-12-10-19(11-13-20)6-5-7-21(24(31)25(32)28-35-18-36)26(33)30-16-14-29(15-17-30)23-9-4-3-8-22(23)27/h3-4,8-13,21,24,31H,2,5-7,14-18,36H2,1H3,(H,28,32)/t21-,24+/m1/s1. The number of hydrogen-bond acceptors (Lipinski definition) is 6. The van der Waals surface area contributed by atoms with Crippen molar-refractivity contribution in [1.82, 2.24) is 10.4 Å². The van der Waals surface area contributed by atoms with Crippen molar-refractivity contribution in [3.63, 3.8) is 0 Å². The Balaban J connectivity index is 1.62. The fourth-order valence-corrected chi connectivity index (χ4v) is 4.41. The van der Waals surface area contributed by atoms with Crippen LogP contribution in [0.4, 0.5) is 10.1 Å². The molecule has 2 N–H and O–H groups in total. The summed E-state index contributed by atoms with van der Waals surface area (Å²) < 4.78 is 19.6. The Kier molecular flexibility index (Phi) is 10.9. The first kappa shape index (κ1) is 27.8. The first-order chi connectivity index (χ1) is 17.4. The molecule has 36 heavy (non-hydrogen) atoms. The van der Waals surface area contributed by atoms with E-state index in [1.807, 2.05) is 36.1 Å². The third kappa shape index (κ3) is 7.63. The van der Waals surface area contributed by atoms with Gasteiger partial charge in [0.15, 0.2) is 0 Å². The maximum Gasteiger partial charge on any atom is 0.273 e. The largest absolute Gasteiger partial charge is 0.494 e. The Labute approximate surface area is 213 Å². The fourth-order valence-electron chi connectivity index (χ4n) is 4.33. The van der Waals surface area contributed by atoms with Crippen LogP contribution in [0.25, 0.3) is 0 Å². The zero-order chi connectivity index (χ0) is 25.9. The van der Waals surface area contributed by atoms with Gasteiger partial charge in [0.1, 0.15) is 17.7 Å². The average Bonchev–Trinajstić information content (AvgIpc) is 2.90. The molecule has 3 rings (SSSR count). The number of ether oxygens (including phenoxy) is 1. The quantitative estimate of drug-likeness (QED) is 0.331. The van der Waals surface area contributed by atoms with Crippen LogP contribution in [0.5, 0.6) is 5.75 Å². The van der Waals surface area contributed by atoms with Gasteiger partial charge in [-0.25, -0.2) is 9.87 Å². The van der Waals surface area contributed by atoms with Crippen molar-refractivity contribution in [2.45, 2.75) is 32.3 Å². The predicted molar refractivity (Wildman–Crippen MR) is 139 cm³/mol. The predicted octanol–water partition coefficient (Wildman–Crippen LogP) is 2.75. The first-order valence-corrected chi connectivity index (χ1v) is 13.1. The van der Waals surface area contributed by atoms with E-state index in [0.29, 0.717) is 57.7 Å². The summed E-state index contributed by atoms with van der Waals surface area (Å²) in [7, 11) is 2.30. The lowest BCUT2D eigenvalue weighted by atomic mass is 9.92. The molecule has 0 saturated carbocycles. The summed E-state index contributed by atoms with van der Waals surface area (Å²) in [6, 6.07) is 14.3. The van der Waals surface area contributed by atoms with Gasteiger partial charge in [-0.1, -0.05) is 24.3 Å². The van der Waals surface area contributed by atoms with Crippen LogP contribution >= 0.6 is 9.24 Å². The van der Waals surface area contributed by atoms with Crippen molar-refractivity contribution >= 4 is 26.7 Å². The number of piperazine rings is 1. The molecule has 1 unspecified atom stereocenters. The highest BCUT2D eigenvalue weighted by atomic mass is 31.0. The van der Waals surface area contributed by atoms with Crippen molar-refractivity contribution in [2.24, 2.45) is 5.92 Å². The van der Waals surface area contributed by atoms with Gasteiger partial charge in [-0.2, -0.15) is 0 Å². The lowest BCUT2D eigenvalue weighted by Gasteiger charge is -2.38. The number of para-hydroxylation sites is 1. The molecule has 2 aromatic carbocycles. The van der Waals surface area contributed by atoms with Crippen LogP contribution in [0, 0.1) is 11.7 Å². The molecule has 2 amide bonds. The first-order valence-electron chi connectivity index (χ1n) is 12.2. The second-order valence-electron chi connectivity index (χ2n) is 8.56. The van der Waals surface area contributed by atoms with E-state index in [1.165, 1.54) is 6.07 Å². The Hall–Kier alpha value is -2.74. The van der Waals surface area contributed by atoms with Crippen molar-refractivity contribution < 1.29 is 28.7 Å². The van der Waals surface area contributed by atoms with Gasteiger partial charge in [-0.15, -0.1) is 9.24 Å². The minimum atomic E-state index is -1.54. The molecule has 2 aromatic rings. The van der Waals surface area contributed by atoms with Gasteiger partial charge < -0.3 is 19.6 Å². The van der Waals surface area contributed by atoms with E-state index < -0.39 is 17.9 Å². The zero-order valence-corrected chi connectivity index (χ0v) is 21.7. The highest BCUT2D eigenvalue weighted by Gasteiger charge is 2.36. The van der Waals surface area contributed by atoms with Crippen molar-refractivity contribution in [1.29, 1.82) is 0 Å². The minimum absolute atomic E-state index is 0.160. The summed E-state index contributed by atoms with van der Waals surface area (Å²) in [6.07, 6.45) is 0.239. The third-order valence-electron chi connectivity index (χ3n) is 6.22. The van der Waals surface area contributed by atoms with E-state index in [-0.39, 0.29) is 18.1 Å². The molecule has 8 nitrogen and oxygen atoms in total. The number of carbonyl (C=O) groups excluding carboxylic acids is 2. The van der Waals surface area contributed by atoms with Crippen molar-refractivity contribution in [3.05, 3.63) is 59.9 Å². The Bertz CT molecular complexity index is 986. The van der Waals surface area contributed by atoms with Crippen LogP contribution in [0.15, 0.2) is 48.5 Å². The number of anilines is 1. The molecular formula is C26H35FN3O5P. The number of benzene rings is 2. The molecule has 1 fully saturated rings. The molecule has 0 bridgehead atoms. The molecule has 1 heterocycles. The van der Waals surface area contributed by atoms with Gasteiger partial charge >= 0.3 is 0 Å². The summed E-state index contributed by atoms with van der Waals surface area (Å²) in [6.45, 7) is 4.20. The monoisotopic (exact) mass is 519 g/mol. The van der Waals surface area contributed by atoms with Crippen molar-refractivity contribution in [3.8, 4) is 5.75 Å². The molecule has 196 valence electrons.